The zero-order chi connectivity index (χ0) is 25.4. The van der Waals surface area contributed by atoms with Crippen molar-refractivity contribution in [1.82, 2.24) is 9.88 Å². The summed E-state index contributed by atoms with van der Waals surface area (Å²) in [5, 5.41) is 0. The molecular weight excluding hydrogens is 472 g/mol. The first-order valence-electron chi connectivity index (χ1n) is 11.9. The number of benzene rings is 2. The van der Waals surface area contributed by atoms with Crippen molar-refractivity contribution in [2.45, 2.75) is 45.1 Å². The molecule has 9 heteroatoms. The Morgan fingerprint density at radius 2 is 1.78 bits per heavy atom. The number of rotatable bonds is 4. The maximum atomic E-state index is 14.5. The van der Waals surface area contributed by atoms with E-state index in [1.807, 2.05) is 30.0 Å². The second-order valence-electron chi connectivity index (χ2n) is 9.28. The van der Waals surface area contributed by atoms with Gasteiger partial charge in [-0.2, -0.15) is 13.2 Å². The average molecular weight is 499 g/mol. The number of piperidine rings is 1. The number of hydrogen-bond acceptors (Lipinski definition) is 3. The Kier molecular flexibility index (Phi) is 6.32. The van der Waals surface area contributed by atoms with Crippen molar-refractivity contribution in [2.75, 3.05) is 22.9 Å². The van der Waals surface area contributed by atoms with E-state index >= 15 is 0 Å². The molecule has 0 saturated carbocycles. The molecular formula is C27H26F4N4O. The van der Waals surface area contributed by atoms with Gasteiger partial charge in [-0.1, -0.05) is 30.3 Å². The Labute approximate surface area is 207 Å². The normalized spacial score (nSPS) is 16.9. The highest BCUT2D eigenvalue weighted by Gasteiger charge is 2.39. The molecule has 2 aliphatic rings. The molecule has 1 aromatic heterocycles. The zero-order valence-electron chi connectivity index (χ0n) is 19.8. The average Bonchev–Trinajstić information content (AvgIpc) is 2.86. The van der Waals surface area contributed by atoms with Crippen molar-refractivity contribution >= 4 is 17.4 Å². The van der Waals surface area contributed by atoms with Crippen molar-refractivity contribution in [1.29, 1.82) is 0 Å². The van der Waals surface area contributed by atoms with Gasteiger partial charge in [0.25, 0.3) is 0 Å². The lowest BCUT2D eigenvalue weighted by Crippen LogP contribution is -2.54. The Morgan fingerprint density at radius 1 is 1.03 bits per heavy atom. The van der Waals surface area contributed by atoms with Crippen LogP contribution in [-0.2, 0) is 19.3 Å². The number of pyridine rings is 1. The minimum absolute atomic E-state index is 0.0557. The van der Waals surface area contributed by atoms with Crippen LogP contribution in [0.1, 0.15) is 35.1 Å². The van der Waals surface area contributed by atoms with Crippen LogP contribution in [0.15, 0.2) is 60.9 Å². The van der Waals surface area contributed by atoms with E-state index in [1.165, 1.54) is 17.2 Å². The summed E-state index contributed by atoms with van der Waals surface area (Å²) in [5.74, 6) is -0.264. The van der Waals surface area contributed by atoms with Crippen LogP contribution < -0.4 is 9.80 Å². The van der Waals surface area contributed by atoms with Crippen LogP contribution in [0.25, 0.3) is 0 Å². The van der Waals surface area contributed by atoms with Crippen LogP contribution in [0, 0.1) is 12.7 Å². The highest BCUT2D eigenvalue weighted by molar-refractivity contribution is 5.95. The van der Waals surface area contributed by atoms with Gasteiger partial charge in [0, 0.05) is 43.6 Å². The van der Waals surface area contributed by atoms with Gasteiger partial charge in [0.1, 0.15) is 5.82 Å². The standard InChI is InChI=1S/C27H26F4N4O/c1-18-5-4-7-23(28)25(18)33-13-10-21(11-14-33)34-16-19-6-2-3-8-24(19)35(26(34)36)17-20-15-32-12-9-22(20)27(29,30)31/h2-9,12,15,21H,10-11,13-14,16-17H2,1H3. The molecule has 0 N–H and O–H groups in total. The van der Waals surface area contributed by atoms with Gasteiger partial charge in [-0.3, -0.25) is 9.88 Å². The maximum Gasteiger partial charge on any atom is 0.416 e. The first kappa shape index (κ1) is 24.1. The first-order valence-corrected chi connectivity index (χ1v) is 11.9. The molecule has 2 aromatic carbocycles. The summed E-state index contributed by atoms with van der Waals surface area (Å²) in [4.78, 5) is 22.7. The molecule has 188 valence electrons. The molecule has 36 heavy (non-hydrogen) atoms. The number of anilines is 2. The fraction of sp³-hybridized carbons (Fsp3) is 0.333. The topological polar surface area (TPSA) is 39.7 Å². The lowest BCUT2D eigenvalue weighted by Gasteiger charge is -2.44. The van der Waals surface area contributed by atoms with E-state index in [2.05, 4.69) is 4.98 Å². The molecule has 0 spiro atoms. The quantitative estimate of drug-likeness (QED) is 0.405. The Bertz CT molecular complexity index is 1250. The summed E-state index contributed by atoms with van der Waals surface area (Å²) >= 11 is 0. The summed E-state index contributed by atoms with van der Waals surface area (Å²) < 4.78 is 55.4. The second kappa shape index (κ2) is 9.44. The Morgan fingerprint density at radius 3 is 2.50 bits per heavy atom. The summed E-state index contributed by atoms with van der Waals surface area (Å²) in [6, 6.07) is 12.8. The van der Waals surface area contributed by atoms with Gasteiger partial charge in [-0.15, -0.1) is 0 Å². The predicted octanol–water partition coefficient (Wildman–Crippen LogP) is 6.16. The molecule has 3 aromatic rings. The van der Waals surface area contributed by atoms with E-state index in [0.29, 0.717) is 43.9 Å². The summed E-state index contributed by atoms with van der Waals surface area (Å²) in [6.45, 7) is 3.19. The Balaban J connectivity index is 1.39. The number of aryl methyl sites for hydroxylation is 1. The van der Waals surface area contributed by atoms with Crippen molar-refractivity contribution in [3.63, 3.8) is 0 Å². The van der Waals surface area contributed by atoms with Gasteiger partial charge in [-0.25, -0.2) is 9.18 Å². The zero-order valence-corrected chi connectivity index (χ0v) is 19.8. The van der Waals surface area contributed by atoms with E-state index in [1.54, 1.807) is 23.1 Å². The highest BCUT2D eigenvalue weighted by Crippen LogP contribution is 2.37. The smallest absolute Gasteiger partial charge is 0.369 e. The lowest BCUT2D eigenvalue weighted by molar-refractivity contribution is -0.138. The van der Waals surface area contributed by atoms with Crippen molar-refractivity contribution in [2.24, 2.45) is 0 Å². The van der Waals surface area contributed by atoms with Crippen LogP contribution >= 0.6 is 0 Å². The lowest BCUT2D eigenvalue weighted by atomic mass is 9.98. The summed E-state index contributed by atoms with van der Waals surface area (Å²) in [7, 11) is 0. The van der Waals surface area contributed by atoms with Gasteiger partial charge in [0.15, 0.2) is 0 Å². The van der Waals surface area contributed by atoms with Gasteiger partial charge in [0.05, 0.1) is 23.5 Å². The molecule has 0 bridgehead atoms. The molecule has 1 fully saturated rings. The van der Waals surface area contributed by atoms with Gasteiger partial charge < -0.3 is 9.80 Å². The minimum Gasteiger partial charge on any atom is -0.369 e. The number of nitrogens with zero attached hydrogens (tertiary/aromatic N) is 4. The fourth-order valence-electron chi connectivity index (χ4n) is 5.28. The molecule has 5 rings (SSSR count). The summed E-state index contributed by atoms with van der Waals surface area (Å²) in [6.07, 6.45) is -0.997. The van der Waals surface area contributed by atoms with E-state index in [9.17, 15) is 22.4 Å². The number of halogens is 4. The number of urea groups is 1. The van der Waals surface area contributed by atoms with Crippen LogP contribution in [0.2, 0.25) is 0 Å². The van der Waals surface area contributed by atoms with Gasteiger partial charge in [-0.05, 0) is 49.1 Å². The SMILES string of the molecule is Cc1cccc(F)c1N1CCC(N2Cc3ccccc3N(Cc3cnccc3C(F)(F)F)C2=O)CC1. The van der Waals surface area contributed by atoms with Crippen LogP contribution in [0.4, 0.5) is 33.7 Å². The number of para-hydroxylation sites is 2. The van der Waals surface area contributed by atoms with Crippen LogP contribution in [0.5, 0.6) is 0 Å². The number of carbonyl (C=O) groups is 1. The van der Waals surface area contributed by atoms with Crippen molar-refractivity contribution in [3.05, 3.63) is 89.0 Å². The molecule has 5 nitrogen and oxygen atoms in total. The van der Waals surface area contributed by atoms with Crippen LogP contribution in [-0.4, -0.2) is 35.0 Å². The molecule has 0 atom stereocenters. The number of fused-ring (bicyclic) bond motifs is 1. The number of amides is 2. The molecule has 1 saturated heterocycles. The third-order valence-corrected chi connectivity index (χ3v) is 7.05. The van der Waals surface area contributed by atoms with Crippen molar-refractivity contribution in [3.8, 4) is 0 Å². The minimum atomic E-state index is -4.55. The second-order valence-corrected chi connectivity index (χ2v) is 9.28. The highest BCUT2D eigenvalue weighted by atomic mass is 19.4. The number of hydrogen-bond donors (Lipinski definition) is 0. The summed E-state index contributed by atoms with van der Waals surface area (Å²) in [5.41, 5.74) is 2.08. The van der Waals surface area contributed by atoms with Gasteiger partial charge in [0.2, 0.25) is 0 Å². The molecule has 2 aliphatic heterocycles. The van der Waals surface area contributed by atoms with E-state index in [-0.39, 0.29) is 30.0 Å². The largest absolute Gasteiger partial charge is 0.416 e. The molecule has 0 unspecified atom stereocenters. The molecule has 3 heterocycles. The van der Waals surface area contributed by atoms with E-state index in [0.717, 1.165) is 23.4 Å². The monoisotopic (exact) mass is 498 g/mol. The number of carbonyl (C=O) groups excluding carboxylic acids is 1. The number of alkyl halides is 3. The third-order valence-electron chi connectivity index (χ3n) is 7.05. The third kappa shape index (κ3) is 4.50. The van der Waals surface area contributed by atoms with E-state index < -0.39 is 11.7 Å². The maximum absolute atomic E-state index is 14.5. The van der Waals surface area contributed by atoms with Gasteiger partial charge >= 0.3 is 12.2 Å². The molecule has 2 amide bonds. The van der Waals surface area contributed by atoms with Crippen LogP contribution in [0.3, 0.4) is 0 Å². The van der Waals surface area contributed by atoms with E-state index in [4.69, 9.17) is 0 Å². The Hall–Kier alpha value is -3.62. The molecule has 0 aliphatic carbocycles. The fourth-order valence-corrected chi connectivity index (χ4v) is 5.28. The molecule has 0 radical (unpaired) electrons. The van der Waals surface area contributed by atoms with Crippen molar-refractivity contribution < 1.29 is 22.4 Å². The predicted molar refractivity (Wildman–Crippen MR) is 129 cm³/mol. The number of aromatic nitrogens is 1. The first-order chi connectivity index (χ1) is 17.2.